The molecule has 0 bridgehead atoms. The molecule has 5 rings (SSSR count). The van der Waals surface area contributed by atoms with Gasteiger partial charge in [0, 0.05) is 51.5 Å². The number of benzene rings is 2. The van der Waals surface area contributed by atoms with Crippen molar-refractivity contribution >= 4 is 57.2 Å². The van der Waals surface area contributed by atoms with Gasteiger partial charge < -0.3 is 16.0 Å². The molecule has 10 heteroatoms. The number of nitrogens with zero attached hydrogens (tertiary/aromatic N) is 3. The molecule has 206 valence electrons. The molecule has 0 aliphatic heterocycles. The average Bonchev–Trinajstić information content (AvgIpc) is 3.35. The minimum absolute atomic E-state index is 0.00347. The first-order valence-electron chi connectivity index (χ1n) is 12.7. The summed E-state index contributed by atoms with van der Waals surface area (Å²) in [6, 6.07) is 17.8. The highest BCUT2D eigenvalue weighted by Gasteiger charge is 2.28. The molecular formula is C30H28ClF2IN6. The Morgan fingerprint density at radius 1 is 1.05 bits per heavy atom. The Morgan fingerprint density at radius 2 is 1.80 bits per heavy atom. The van der Waals surface area contributed by atoms with Crippen LogP contribution in [0, 0.1) is 17.6 Å². The molecule has 1 aliphatic carbocycles. The maximum Gasteiger partial charge on any atom is 0.168 e. The third kappa shape index (κ3) is 5.85. The second-order valence-electron chi connectivity index (χ2n) is 9.67. The first-order chi connectivity index (χ1) is 19.3. The van der Waals surface area contributed by atoms with E-state index in [0.29, 0.717) is 39.4 Å². The predicted octanol–water partition coefficient (Wildman–Crippen LogP) is 7.76. The van der Waals surface area contributed by atoms with E-state index < -0.39 is 11.6 Å². The first kappa shape index (κ1) is 28.1. The highest BCUT2D eigenvalue weighted by Crippen LogP contribution is 2.33. The Bertz CT molecular complexity index is 1570. The van der Waals surface area contributed by atoms with Crippen molar-refractivity contribution < 1.29 is 8.78 Å². The summed E-state index contributed by atoms with van der Waals surface area (Å²) in [6.07, 6.45) is 2.24. The lowest BCUT2D eigenvalue weighted by Gasteiger charge is -2.35. The molecule has 6 nitrogen and oxygen atoms in total. The summed E-state index contributed by atoms with van der Waals surface area (Å²) in [5.74, 6) is -0.204. The summed E-state index contributed by atoms with van der Waals surface area (Å²) in [7, 11) is 1.52. The molecule has 0 radical (unpaired) electrons. The molecule has 1 aliphatic rings. The second-order valence-corrected chi connectivity index (χ2v) is 11.0. The molecule has 4 aromatic rings. The van der Waals surface area contributed by atoms with Crippen molar-refractivity contribution in [3.05, 3.63) is 102 Å². The number of rotatable bonds is 10. The molecule has 1 saturated carbocycles. The topological polar surface area (TPSA) is 66.8 Å². The number of halogens is 4. The minimum atomic E-state index is -0.780. The van der Waals surface area contributed by atoms with Gasteiger partial charge >= 0.3 is 0 Å². The molecule has 2 heterocycles. The Kier molecular flexibility index (Phi) is 8.41. The van der Waals surface area contributed by atoms with Crippen molar-refractivity contribution in [1.29, 1.82) is 0 Å². The van der Waals surface area contributed by atoms with Gasteiger partial charge in [0.15, 0.2) is 17.5 Å². The summed E-state index contributed by atoms with van der Waals surface area (Å²) in [5.41, 5.74) is 3.73. The monoisotopic (exact) mass is 672 g/mol. The zero-order chi connectivity index (χ0) is 28.4. The Morgan fingerprint density at radius 3 is 2.50 bits per heavy atom. The number of pyridine rings is 1. The van der Waals surface area contributed by atoms with E-state index >= 15 is 0 Å². The number of para-hydroxylation sites is 1. The minimum Gasteiger partial charge on any atom is -0.381 e. The van der Waals surface area contributed by atoms with E-state index in [1.54, 1.807) is 22.9 Å². The molecule has 0 atom stereocenters. The van der Waals surface area contributed by atoms with Crippen LogP contribution in [0.3, 0.4) is 0 Å². The van der Waals surface area contributed by atoms with Crippen molar-refractivity contribution in [2.45, 2.75) is 18.9 Å². The van der Waals surface area contributed by atoms with E-state index in [-0.39, 0.29) is 11.5 Å². The largest absolute Gasteiger partial charge is 0.381 e. The summed E-state index contributed by atoms with van der Waals surface area (Å²) in [6.45, 7) is 8.44. The first-order valence-corrected chi connectivity index (χ1v) is 14.6. The van der Waals surface area contributed by atoms with Crippen molar-refractivity contribution in [3.8, 4) is 16.9 Å². The molecule has 0 spiro atoms. The van der Waals surface area contributed by atoms with Gasteiger partial charge in [-0.1, -0.05) is 71.6 Å². The summed E-state index contributed by atoms with van der Waals surface area (Å²) < 4.78 is 31.6. The molecule has 0 unspecified atom stereocenters. The van der Waals surface area contributed by atoms with Crippen molar-refractivity contribution in [3.63, 3.8) is 0 Å². The molecule has 0 amide bonds. The Balaban J connectivity index is 1.45. The number of nitrogens with one attached hydrogen (secondary N) is 3. The van der Waals surface area contributed by atoms with Crippen LogP contribution in [0.25, 0.3) is 28.3 Å². The number of alkyl halides is 1. The van der Waals surface area contributed by atoms with Crippen LogP contribution in [-0.4, -0.2) is 32.3 Å². The summed E-state index contributed by atoms with van der Waals surface area (Å²) >= 11 is 8.98. The van der Waals surface area contributed by atoms with Gasteiger partial charge in [-0.15, -0.1) is 0 Å². The molecular weight excluding hydrogens is 645 g/mol. The van der Waals surface area contributed by atoms with Crippen LogP contribution in [0.5, 0.6) is 0 Å². The highest BCUT2D eigenvalue weighted by atomic mass is 127. The Labute approximate surface area is 250 Å². The highest BCUT2D eigenvalue weighted by molar-refractivity contribution is 14.1. The zero-order valence-corrected chi connectivity index (χ0v) is 24.7. The quantitative estimate of drug-likeness (QED) is 0.119. The standard InChI is InChI=1S/C30H28ClF2IN6/c1-17(23-13-20(9-10-24(23)31)29-25(32)14-26(33)30(35-3)38-29)37-28-15-27(18(2)36-21-11-19(12-21)16-34)39-40(28)22-7-5-4-6-8-22/h4-10,13-15,19,21,36-37H,1-2,11-12,16H2,3H3,(H,35,38). The zero-order valence-electron chi connectivity index (χ0n) is 21.8. The van der Waals surface area contributed by atoms with Crippen LogP contribution in [0.2, 0.25) is 5.02 Å². The van der Waals surface area contributed by atoms with Crippen molar-refractivity contribution in [2.24, 2.45) is 5.92 Å². The predicted molar refractivity (Wildman–Crippen MR) is 168 cm³/mol. The average molecular weight is 673 g/mol. The van der Waals surface area contributed by atoms with E-state index in [1.807, 2.05) is 36.4 Å². The lowest BCUT2D eigenvalue weighted by atomic mass is 9.82. The molecule has 2 aromatic heterocycles. The smallest absolute Gasteiger partial charge is 0.168 e. The maximum absolute atomic E-state index is 14.7. The summed E-state index contributed by atoms with van der Waals surface area (Å²) in [4.78, 5) is 4.11. The van der Waals surface area contributed by atoms with Crippen LogP contribution < -0.4 is 16.0 Å². The SMILES string of the molecule is C=C(NC1CC(CI)C1)c1cc(NC(=C)c2cc(-c3nc(NC)c(F)cc3F)ccc2Cl)n(-c2ccccc2)n1. The summed E-state index contributed by atoms with van der Waals surface area (Å²) in [5, 5.41) is 14.7. The van der Waals surface area contributed by atoms with Crippen LogP contribution in [0.15, 0.2) is 73.8 Å². The van der Waals surface area contributed by atoms with Crippen LogP contribution in [0.4, 0.5) is 20.4 Å². The van der Waals surface area contributed by atoms with Crippen LogP contribution in [-0.2, 0) is 0 Å². The van der Waals surface area contributed by atoms with Gasteiger partial charge in [0.25, 0.3) is 0 Å². The lowest BCUT2D eigenvalue weighted by Crippen LogP contribution is -2.40. The third-order valence-electron chi connectivity index (χ3n) is 6.86. The third-order valence-corrected chi connectivity index (χ3v) is 8.44. The van der Waals surface area contributed by atoms with Gasteiger partial charge in [-0.2, -0.15) is 5.10 Å². The van der Waals surface area contributed by atoms with Crippen molar-refractivity contribution in [1.82, 2.24) is 20.1 Å². The number of hydrogen-bond donors (Lipinski definition) is 3. The van der Waals surface area contributed by atoms with Crippen LogP contribution in [0.1, 0.15) is 24.1 Å². The van der Waals surface area contributed by atoms with Gasteiger partial charge in [0.1, 0.15) is 17.2 Å². The Hall–Kier alpha value is -3.44. The molecule has 3 N–H and O–H groups in total. The fraction of sp³-hybridized carbons (Fsp3) is 0.200. The van der Waals surface area contributed by atoms with Crippen molar-refractivity contribution in [2.75, 3.05) is 22.1 Å². The lowest BCUT2D eigenvalue weighted by molar-refractivity contribution is 0.273. The van der Waals surface area contributed by atoms with E-state index in [2.05, 4.69) is 56.7 Å². The van der Waals surface area contributed by atoms with Gasteiger partial charge in [0.2, 0.25) is 0 Å². The van der Waals surface area contributed by atoms with E-state index in [4.69, 9.17) is 16.7 Å². The molecule has 0 saturated heterocycles. The van der Waals surface area contributed by atoms with Gasteiger partial charge in [-0.05, 0) is 43.0 Å². The molecule has 2 aromatic carbocycles. The van der Waals surface area contributed by atoms with Gasteiger partial charge in [0.05, 0.1) is 11.4 Å². The second kappa shape index (κ2) is 12.0. The fourth-order valence-corrected chi connectivity index (χ4v) is 5.60. The normalized spacial score (nSPS) is 16.2. The van der Waals surface area contributed by atoms with Gasteiger partial charge in [-0.3, -0.25) is 0 Å². The number of anilines is 2. The van der Waals surface area contributed by atoms with E-state index in [0.717, 1.165) is 40.6 Å². The maximum atomic E-state index is 14.7. The number of aromatic nitrogens is 3. The van der Waals surface area contributed by atoms with E-state index in [9.17, 15) is 8.78 Å². The number of hydrogen-bond acceptors (Lipinski definition) is 5. The molecule has 1 fully saturated rings. The fourth-order valence-electron chi connectivity index (χ4n) is 4.65. The van der Waals surface area contributed by atoms with Crippen LogP contribution >= 0.6 is 34.2 Å². The van der Waals surface area contributed by atoms with Gasteiger partial charge in [-0.25, -0.2) is 18.4 Å². The molecule has 40 heavy (non-hydrogen) atoms. The van der Waals surface area contributed by atoms with E-state index in [1.165, 1.54) is 7.05 Å².